The number of carbonyl (C=O) groups is 1. The van der Waals surface area contributed by atoms with Crippen molar-refractivity contribution in [1.29, 1.82) is 0 Å². The minimum atomic E-state index is -0.908. The maximum Gasteiger partial charge on any atom is 0.337 e. The zero-order valence-corrected chi connectivity index (χ0v) is 15.1. The fourth-order valence-electron chi connectivity index (χ4n) is 3.73. The molecule has 3 heterocycles. The molecule has 3 nitrogen and oxygen atoms in total. The highest BCUT2D eigenvalue weighted by molar-refractivity contribution is 8.33. The van der Waals surface area contributed by atoms with Crippen LogP contribution in [0.1, 0.15) is 28.3 Å². The Morgan fingerprint density at radius 2 is 2.17 bits per heavy atom. The molecule has 2 atom stereocenters. The molecule has 5 heteroatoms. The molecule has 0 amide bonds. The minimum absolute atomic E-state index is 0.317. The van der Waals surface area contributed by atoms with Crippen LogP contribution >= 0.6 is 21.4 Å². The number of aromatic nitrogens is 1. The molecule has 0 spiro atoms. The third-order valence-corrected chi connectivity index (χ3v) is 9.77. The molecule has 1 aliphatic rings. The van der Waals surface area contributed by atoms with Crippen molar-refractivity contribution in [3.8, 4) is 0 Å². The fraction of sp³-hybridized carbons (Fsp3) is 0.263. The van der Waals surface area contributed by atoms with E-state index >= 15 is 0 Å². The summed E-state index contributed by atoms with van der Waals surface area (Å²) < 4.78 is 1.35. The van der Waals surface area contributed by atoms with Gasteiger partial charge in [-0.05, 0) is 47.8 Å². The summed E-state index contributed by atoms with van der Waals surface area (Å²) in [6.07, 6.45) is 6.67. The van der Waals surface area contributed by atoms with E-state index < -0.39 is 16.0 Å². The zero-order valence-electron chi connectivity index (χ0n) is 13.4. The number of hydrogen-bond acceptors (Lipinski definition) is 3. The predicted molar refractivity (Wildman–Crippen MR) is 102 cm³/mol. The number of aromatic carboxylic acids is 1. The number of thiophene rings is 1. The van der Waals surface area contributed by atoms with Crippen molar-refractivity contribution >= 4 is 37.4 Å². The number of rotatable bonds is 3. The molecule has 0 saturated carbocycles. The lowest BCUT2D eigenvalue weighted by atomic mass is 9.95. The number of carboxylic acid groups (broad SMARTS) is 1. The number of nitrogens with zero attached hydrogens (tertiary/aromatic N) is 1. The second kappa shape index (κ2) is 5.90. The van der Waals surface area contributed by atoms with Gasteiger partial charge in [0.15, 0.2) is 0 Å². The van der Waals surface area contributed by atoms with E-state index in [-0.39, 0.29) is 0 Å². The summed E-state index contributed by atoms with van der Waals surface area (Å²) in [5.74, 6) is 1.68. The molecule has 1 fully saturated rings. The summed E-state index contributed by atoms with van der Waals surface area (Å²) >= 11 is 1.82. The largest absolute Gasteiger partial charge is 0.478 e. The van der Waals surface area contributed by atoms with Gasteiger partial charge in [-0.3, -0.25) is 4.98 Å². The maximum atomic E-state index is 11.5. The zero-order chi connectivity index (χ0) is 16.7. The first-order valence-electron chi connectivity index (χ1n) is 7.96. The first-order chi connectivity index (χ1) is 11.6. The van der Waals surface area contributed by atoms with Gasteiger partial charge in [0.05, 0.1) is 5.56 Å². The van der Waals surface area contributed by atoms with E-state index in [1.165, 1.54) is 26.9 Å². The first-order valence-corrected chi connectivity index (χ1v) is 11.2. The summed E-state index contributed by atoms with van der Waals surface area (Å²) in [5, 5.41) is 13.2. The topological polar surface area (TPSA) is 50.2 Å². The summed E-state index contributed by atoms with van der Waals surface area (Å²) in [6.45, 7) is 0. The standard InChI is InChI=1S/C19H19NO2S2/c1-24(18-11-23-17-5-3-2-4-15(17)18)9-7-13(12-24)14-6-8-20-10-16(14)19(21)22/h2-6,8,10-11,13H,7,9,12H2,1H3,(H,21,22). The van der Waals surface area contributed by atoms with Crippen LogP contribution in [0.15, 0.2) is 53.0 Å². The summed E-state index contributed by atoms with van der Waals surface area (Å²) in [4.78, 5) is 17.0. The third-order valence-electron chi connectivity index (χ3n) is 4.99. The lowest BCUT2D eigenvalue weighted by molar-refractivity contribution is 0.0694. The molecule has 2 unspecified atom stereocenters. The quantitative estimate of drug-likeness (QED) is 0.719. The van der Waals surface area contributed by atoms with E-state index in [2.05, 4.69) is 40.9 Å². The Morgan fingerprint density at radius 3 is 3.00 bits per heavy atom. The van der Waals surface area contributed by atoms with Crippen LogP contribution in [0.5, 0.6) is 0 Å². The summed E-state index contributed by atoms with van der Waals surface area (Å²) in [6, 6.07) is 10.5. The van der Waals surface area contributed by atoms with E-state index in [1.54, 1.807) is 6.20 Å². The van der Waals surface area contributed by atoms with Crippen LogP contribution in [0, 0.1) is 0 Å². The van der Waals surface area contributed by atoms with Gasteiger partial charge in [-0.15, -0.1) is 11.3 Å². The highest BCUT2D eigenvalue weighted by Gasteiger charge is 2.36. The lowest BCUT2D eigenvalue weighted by Crippen LogP contribution is -2.09. The molecule has 0 bridgehead atoms. The van der Waals surface area contributed by atoms with Crippen LogP contribution < -0.4 is 0 Å². The number of carboxylic acids is 1. The van der Waals surface area contributed by atoms with Gasteiger partial charge in [0.25, 0.3) is 0 Å². The number of pyridine rings is 1. The van der Waals surface area contributed by atoms with Crippen LogP contribution in [-0.2, 0) is 0 Å². The lowest BCUT2D eigenvalue weighted by Gasteiger charge is -2.31. The molecule has 24 heavy (non-hydrogen) atoms. The molecule has 1 aromatic carbocycles. The van der Waals surface area contributed by atoms with Gasteiger partial charge < -0.3 is 5.11 Å². The molecular formula is C19H19NO2S2. The number of hydrogen-bond donors (Lipinski definition) is 1. The predicted octanol–water partition coefficient (Wildman–Crippen LogP) is 4.98. The van der Waals surface area contributed by atoms with Gasteiger partial charge >= 0.3 is 5.97 Å². The van der Waals surface area contributed by atoms with E-state index in [4.69, 9.17) is 0 Å². The summed E-state index contributed by atoms with van der Waals surface area (Å²) in [5.41, 5.74) is 1.31. The van der Waals surface area contributed by atoms with Crippen molar-refractivity contribution < 1.29 is 9.90 Å². The average molecular weight is 358 g/mol. The molecule has 4 rings (SSSR count). The molecule has 1 saturated heterocycles. The maximum absolute atomic E-state index is 11.5. The second-order valence-corrected chi connectivity index (χ2v) is 11.1. The Bertz CT molecular complexity index is 920. The van der Waals surface area contributed by atoms with Gasteiger partial charge in [-0.1, -0.05) is 18.2 Å². The molecule has 124 valence electrons. The van der Waals surface area contributed by atoms with Gasteiger partial charge in [-0.2, -0.15) is 0 Å². The van der Waals surface area contributed by atoms with E-state index in [9.17, 15) is 9.90 Å². The van der Waals surface area contributed by atoms with E-state index in [1.807, 2.05) is 17.4 Å². The Hall–Kier alpha value is -1.85. The van der Waals surface area contributed by atoms with Crippen LogP contribution in [0.25, 0.3) is 10.1 Å². The van der Waals surface area contributed by atoms with Crippen molar-refractivity contribution in [2.75, 3.05) is 17.8 Å². The normalized spacial score (nSPS) is 26.3. The van der Waals surface area contributed by atoms with Gasteiger partial charge in [-0.25, -0.2) is 14.8 Å². The highest BCUT2D eigenvalue weighted by atomic mass is 32.3. The van der Waals surface area contributed by atoms with E-state index in [0.717, 1.165) is 17.7 Å². The first kappa shape index (κ1) is 15.7. The van der Waals surface area contributed by atoms with Crippen LogP contribution in [0.4, 0.5) is 0 Å². The van der Waals surface area contributed by atoms with Crippen molar-refractivity contribution in [2.24, 2.45) is 0 Å². The minimum Gasteiger partial charge on any atom is -0.478 e. The summed E-state index contributed by atoms with van der Waals surface area (Å²) in [7, 11) is -0.908. The SMILES string of the molecule is CS1(c2csc3ccccc23)CCC(c2ccncc2C(=O)O)C1. The van der Waals surface area contributed by atoms with Crippen LogP contribution in [-0.4, -0.2) is 33.8 Å². The number of benzene rings is 1. The van der Waals surface area contributed by atoms with Gasteiger partial charge in [0, 0.05) is 32.8 Å². The van der Waals surface area contributed by atoms with Crippen molar-refractivity contribution in [2.45, 2.75) is 17.2 Å². The van der Waals surface area contributed by atoms with Crippen molar-refractivity contribution in [3.05, 3.63) is 59.2 Å². The van der Waals surface area contributed by atoms with Crippen molar-refractivity contribution in [1.82, 2.24) is 4.98 Å². The second-order valence-electron chi connectivity index (χ2n) is 6.49. The third kappa shape index (κ3) is 2.52. The Balaban J connectivity index is 1.70. The smallest absolute Gasteiger partial charge is 0.337 e. The van der Waals surface area contributed by atoms with Crippen LogP contribution in [0.3, 0.4) is 0 Å². The molecule has 1 aliphatic heterocycles. The Morgan fingerprint density at radius 1 is 1.33 bits per heavy atom. The average Bonchev–Trinajstić information content (AvgIpc) is 3.19. The van der Waals surface area contributed by atoms with Crippen molar-refractivity contribution in [3.63, 3.8) is 0 Å². The molecule has 1 N–H and O–H groups in total. The monoisotopic (exact) mass is 357 g/mol. The van der Waals surface area contributed by atoms with Gasteiger partial charge in [0.2, 0.25) is 0 Å². The number of fused-ring (bicyclic) bond motifs is 1. The molecule has 3 aromatic rings. The Labute approximate surface area is 146 Å². The van der Waals surface area contributed by atoms with Gasteiger partial charge in [0.1, 0.15) is 0 Å². The molecule has 0 aliphatic carbocycles. The highest BCUT2D eigenvalue weighted by Crippen LogP contribution is 2.63. The van der Waals surface area contributed by atoms with E-state index in [0.29, 0.717) is 11.5 Å². The Kier molecular flexibility index (Phi) is 3.85. The molecule has 2 aromatic heterocycles. The fourth-order valence-corrected chi connectivity index (χ4v) is 9.01. The molecule has 0 radical (unpaired) electrons. The molecular weight excluding hydrogens is 338 g/mol. The van der Waals surface area contributed by atoms with Crippen LogP contribution in [0.2, 0.25) is 0 Å².